The van der Waals surface area contributed by atoms with Gasteiger partial charge in [0, 0.05) is 5.02 Å². The molecule has 0 saturated heterocycles. The average molecular weight is 307 g/mol. The molecule has 0 aliphatic rings. The fraction of sp³-hybridized carbons (Fsp3) is 0.188. The van der Waals surface area contributed by atoms with Crippen LogP contribution in [-0.2, 0) is 9.53 Å². The lowest BCUT2D eigenvalue weighted by molar-refractivity contribution is -0.156. The number of methoxy groups -OCH3 is 1. The molecule has 2 rings (SSSR count). The molecule has 2 aromatic rings. The zero-order valence-electron chi connectivity index (χ0n) is 11.4. The molecule has 0 radical (unpaired) electrons. The predicted molar refractivity (Wildman–Crippen MR) is 79.9 cm³/mol. The van der Waals surface area contributed by atoms with Crippen LogP contribution in [0, 0.1) is 0 Å². The quantitative estimate of drug-likeness (QED) is 0.852. The van der Waals surface area contributed by atoms with E-state index in [0.29, 0.717) is 10.6 Å². The summed E-state index contributed by atoms with van der Waals surface area (Å²) in [6, 6.07) is 14.2. The minimum atomic E-state index is -1.62. The Balaban J connectivity index is 2.29. The number of hydrogen-bond acceptors (Lipinski definition) is 4. The standard InChI is InChI=1S/C16H15ClO4/c1-21-16(20)15(19)14(18)12-4-2-3-11(9-12)10-5-7-13(17)8-6-10/h2-9,14-15,18-19H,1H3. The fourth-order valence-corrected chi connectivity index (χ4v) is 2.10. The van der Waals surface area contributed by atoms with Crippen molar-refractivity contribution in [1.82, 2.24) is 0 Å². The van der Waals surface area contributed by atoms with Crippen molar-refractivity contribution in [2.75, 3.05) is 7.11 Å². The number of carbonyl (C=O) groups is 1. The molecule has 0 aromatic heterocycles. The fourth-order valence-electron chi connectivity index (χ4n) is 1.98. The Kier molecular flexibility index (Phi) is 4.96. The summed E-state index contributed by atoms with van der Waals surface area (Å²) in [5.41, 5.74) is 2.20. The van der Waals surface area contributed by atoms with Gasteiger partial charge in [-0.3, -0.25) is 0 Å². The second kappa shape index (κ2) is 6.72. The van der Waals surface area contributed by atoms with Gasteiger partial charge in [-0.15, -0.1) is 0 Å². The van der Waals surface area contributed by atoms with Crippen molar-refractivity contribution in [2.24, 2.45) is 0 Å². The normalized spacial score (nSPS) is 13.5. The highest BCUT2D eigenvalue weighted by Crippen LogP contribution is 2.26. The van der Waals surface area contributed by atoms with E-state index in [1.54, 1.807) is 30.3 Å². The Hall–Kier alpha value is -1.88. The third-order valence-corrected chi connectivity index (χ3v) is 3.40. The van der Waals surface area contributed by atoms with Crippen molar-refractivity contribution in [3.63, 3.8) is 0 Å². The van der Waals surface area contributed by atoms with Crippen LogP contribution in [0.2, 0.25) is 5.02 Å². The molecule has 0 heterocycles. The number of esters is 1. The highest BCUT2D eigenvalue weighted by atomic mass is 35.5. The minimum absolute atomic E-state index is 0.431. The molecule has 2 N–H and O–H groups in total. The van der Waals surface area contributed by atoms with E-state index in [2.05, 4.69) is 4.74 Å². The van der Waals surface area contributed by atoms with Crippen LogP contribution in [0.25, 0.3) is 11.1 Å². The van der Waals surface area contributed by atoms with Gasteiger partial charge >= 0.3 is 5.97 Å². The smallest absolute Gasteiger partial charge is 0.337 e. The molecule has 0 saturated carbocycles. The van der Waals surface area contributed by atoms with Gasteiger partial charge in [0.05, 0.1) is 7.11 Å². The largest absolute Gasteiger partial charge is 0.467 e. The number of carbonyl (C=O) groups excluding carboxylic acids is 1. The monoisotopic (exact) mass is 306 g/mol. The van der Waals surface area contributed by atoms with Crippen LogP contribution in [0.1, 0.15) is 11.7 Å². The maximum Gasteiger partial charge on any atom is 0.337 e. The lowest BCUT2D eigenvalue weighted by Crippen LogP contribution is -2.29. The Bertz CT molecular complexity index is 624. The highest BCUT2D eigenvalue weighted by Gasteiger charge is 2.26. The van der Waals surface area contributed by atoms with E-state index < -0.39 is 18.2 Å². The van der Waals surface area contributed by atoms with Gasteiger partial charge in [-0.25, -0.2) is 4.79 Å². The van der Waals surface area contributed by atoms with Crippen LogP contribution in [0.3, 0.4) is 0 Å². The first-order valence-corrected chi connectivity index (χ1v) is 6.70. The number of halogens is 1. The van der Waals surface area contributed by atoms with Crippen molar-refractivity contribution in [1.29, 1.82) is 0 Å². The summed E-state index contributed by atoms with van der Waals surface area (Å²) in [6.07, 6.45) is -2.96. The highest BCUT2D eigenvalue weighted by molar-refractivity contribution is 6.30. The summed E-state index contributed by atoms with van der Waals surface area (Å²) in [7, 11) is 1.16. The van der Waals surface area contributed by atoms with E-state index in [9.17, 15) is 15.0 Å². The second-order valence-electron chi connectivity index (χ2n) is 4.55. The van der Waals surface area contributed by atoms with Crippen LogP contribution in [0.5, 0.6) is 0 Å². The van der Waals surface area contributed by atoms with Gasteiger partial charge in [0.25, 0.3) is 0 Å². The van der Waals surface area contributed by atoms with Gasteiger partial charge in [0.2, 0.25) is 0 Å². The number of aliphatic hydroxyl groups is 2. The number of rotatable bonds is 4. The maximum atomic E-state index is 11.3. The summed E-state index contributed by atoms with van der Waals surface area (Å²) >= 11 is 5.85. The van der Waals surface area contributed by atoms with Gasteiger partial charge < -0.3 is 14.9 Å². The topological polar surface area (TPSA) is 66.8 Å². The molecule has 4 nitrogen and oxygen atoms in total. The van der Waals surface area contributed by atoms with Crippen molar-refractivity contribution >= 4 is 17.6 Å². The SMILES string of the molecule is COC(=O)C(O)C(O)c1cccc(-c2ccc(Cl)cc2)c1. The summed E-state index contributed by atoms with van der Waals surface area (Å²) in [5, 5.41) is 20.4. The van der Waals surface area contributed by atoms with Gasteiger partial charge in [0.15, 0.2) is 6.10 Å². The maximum absolute atomic E-state index is 11.3. The lowest BCUT2D eigenvalue weighted by Gasteiger charge is -2.16. The van der Waals surface area contributed by atoms with Gasteiger partial charge in [0.1, 0.15) is 6.10 Å². The van der Waals surface area contributed by atoms with E-state index in [1.165, 1.54) is 0 Å². The van der Waals surface area contributed by atoms with Gasteiger partial charge in [-0.1, -0.05) is 41.9 Å². The molecule has 2 aromatic carbocycles. The molecule has 0 aliphatic carbocycles. The molecule has 21 heavy (non-hydrogen) atoms. The van der Waals surface area contributed by atoms with Gasteiger partial charge in [-0.2, -0.15) is 0 Å². The van der Waals surface area contributed by atoms with E-state index in [1.807, 2.05) is 18.2 Å². The summed E-state index contributed by atoms with van der Waals surface area (Å²) in [6.45, 7) is 0. The molecule has 5 heteroatoms. The van der Waals surface area contributed by atoms with Crippen LogP contribution in [0.15, 0.2) is 48.5 Å². The molecule has 0 amide bonds. The first kappa shape index (κ1) is 15.5. The Labute approximate surface area is 127 Å². The molecule has 2 unspecified atom stereocenters. The van der Waals surface area contributed by atoms with Crippen LogP contribution in [0.4, 0.5) is 0 Å². The summed E-state index contributed by atoms with van der Waals surface area (Å²) < 4.78 is 4.42. The Morgan fingerprint density at radius 3 is 2.38 bits per heavy atom. The average Bonchev–Trinajstić information content (AvgIpc) is 2.53. The third-order valence-electron chi connectivity index (χ3n) is 3.15. The molecule has 110 valence electrons. The first-order valence-electron chi connectivity index (χ1n) is 6.33. The molecule has 0 aliphatic heterocycles. The summed E-state index contributed by atoms with van der Waals surface area (Å²) in [5.74, 6) is -0.876. The molecule has 2 atom stereocenters. The zero-order valence-corrected chi connectivity index (χ0v) is 12.1. The molecule has 0 bridgehead atoms. The predicted octanol–water partition coefficient (Wildman–Crippen LogP) is 2.57. The first-order chi connectivity index (χ1) is 10.0. The number of hydrogen-bond donors (Lipinski definition) is 2. The zero-order chi connectivity index (χ0) is 15.4. The van der Waals surface area contributed by atoms with Crippen LogP contribution in [-0.4, -0.2) is 29.4 Å². The number of aliphatic hydroxyl groups excluding tert-OH is 2. The summed E-state index contributed by atoms with van der Waals surface area (Å²) in [4.78, 5) is 11.3. The minimum Gasteiger partial charge on any atom is -0.467 e. The third kappa shape index (κ3) is 3.61. The van der Waals surface area contributed by atoms with Crippen LogP contribution < -0.4 is 0 Å². The number of benzene rings is 2. The van der Waals surface area contributed by atoms with Crippen LogP contribution >= 0.6 is 11.6 Å². The van der Waals surface area contributed by atoms with E-state index in [-0.39, 0.29) is 0 Å². The number of ether oxygens (including phenoxy) is 1. The lowest BCUT2D eigenvalue weighted by atomic mass is 9.98. The van der Waals surface area contributed by atoms with Crippen molar-refractivity contribution in [3.8, 4) is 11.1 Å². The second-order valence-corrected chi connectivity index (χ2v) is 4.98. The van der Waals surface area contributed by atoms with E-state index >= 15 is 0 Å². The molecular formula is C16H15ClO4. The molecule has 0 spiro atoms. The Morgan fingerprint density at radius 2 is 1.76 bits per heavy atom. The molecule has 0 fully saturated rings. The van der Waals surface area contributed by atoms with Crippen molar-refractivity contribution in [2.45, 2.75) is 12.2 Å². The van der Waals surface area contributed by atoms with Crippen molar-refractivity contribution in [3.05, 3.63) is 59.1 Å². The Morgan fingerprint density at radius 1 is 1.10 bits per heavy atom. The van der Waals surface area contributed by atoms with Gasteiger partial charge in [-0.05, 0) is 34.9 Å². The van der Waals surface area contributed by atoms with E-state index in [0.717, 1.165) is 18.2 Å². The van der Waals surface area contributed by atoms with Crippen molar-refractivity contribution < 1.29 is 19.7 Å². The van der Waals surface area contributed by atoms with E-state index in [4.69, 9.17) is 11.6 Å². The molecular weight excluding hydrogens is 292 g/mol.